The molecule has 1 aromatic rings. The number of β-amino-alcohol motifs (C(OH)–C–C–N with tert-alkyl or cyclic N) is 1. The van der Waals surface area contributed by atoms with E-state index < -0.39 is 5.60 Å². The van der Waals surface area contributed by atoms with Crippen LogP contribution in [0.1, 0.15) is 32.0 Å². The molecule has 0 bridgehead atoms. The summed E-state index contributed by atoms with van der Waals surface area (Å²) < 4.78 is 1.82. The zero-order chi connectivity index (χ0) is 11.9. The Morgan fingerprint density at radius 3 is 2.75 bits per heavy atom. The molecule has 2 rings (SSSR count). The number of rotatable bonds is 2. The largest absolute Gasteiger partial charge is 0.382 e. The van der Waals surface area contributed by atoms with Gasteiger partial charge in [-0.2, -0.15) is 5.10 Å². The number of aliphatic hydroxyl groups is 1. The van der Waals surface area contributed by atoms with Gasteiger partial charge in [0.15, 0.2) is 0 Å². The first kappa shape index (κ1) is 11.9. The molecule has 1 atom stereocenters. The van der Waals surface area contributed by atoms with Crippen LogP contribution in [0.25, 0.3) is 0 Å². The lowest BCUT2D eigenvalue weighted by Gasteiger charge is -2.25. The number of aromatic nitrogens is 2. The third kappa shape index (κ3) is 1.85. The molecule has 1 aromatic heterocycles. The SMILES string of the molecule is CC(C)n1ncc(Cl)c1C1(O)CCN(C)C1. The van der Waals surface area contributed by atoms with Crippen LogP contribution in [0.5, 0.6) is 0 Å². The Balaban J connectivity index is 2.43. The van der Waals surface area contributed by atoms with Gasteiger partial charge in [0.25, 0.3) is 0 Å². The van der Waals surface area contributed by atoms with Crippen LogP contribution in [0.3, 0.4) is 0 Å². The van der Waals surface area contributed by atoms with E-state index in [1.165, 1.54) is 0 Å². The van der Waals surface area contributed by atoms with Crippen LogP contribution < -0.4 is 0 Å². The summed E-state index contributed by atoms with van der Waals surface area (Å²) in [6.07, 6.45) is 2.33. The normalized spacial score (nSPS) is 26.9. The van der Waals surface area contributed by atoms with Crippen LogP contribution in [-0.4, -0.2) is 39.9 Å². The van der Waals surface area contributed by atoms with Crippen molar-refractivity contribution in [2.45, 2.75) is 31.9 Å². The average molecular weight is 244 g/mol. The second kappa shape index (κ2) is 4.02. The third-order valence-electron chi connectivity index (χ3n) is 3.12. The van der Waals surface area contributed by atoms with Gasteiger partial charge in [-0.15, -0.1) is 0 Å². The van der Waals surface area contributed by atoms with Crippen molar-refractivity contribution in [3.05, 3.63) is 16.9 Å². The Morgan fingerprint density at radius 1 is 1.56 bits per heavy atom. The zero-order valence-electron chi connectivity index (χ0n) is 9.94. The molecule has 1 aliphatic heterocycles. The first-order chi connectivity index (χ1) is 7.44. The lowest BCUT2D eigenvalue weighted by atomic mass is 9.98. The van der Waals surface area contributed by atoms with Gasteiger partial charge in [0.05, 0.1) is 16.9 Å². The zero-order valence-corrected chi connectivity index (χ0v) is 10.7. The van der Waals surface area contributed by atoms with Crippen LogP contribution in [0.4, 0.5) is 0 Å². The van der Waals surface area contributed by atoms with E-state index in [2.05, 4.69) is 10.00 Å². The van der Waals surface area contributed by atoms with E-state index in [9.17, 15) is 5.11 Å². The molecule has 5 heteroatoms. The van der Waals surface area contributed by atoms with Gasteiger partial charge in [0.1, 0.15) is 5.60 Å². The molecule has 0 aliphatic carbocycles. The number of hydrogen-bond acceptors (Lipinski definition) is 3. The fourth-order valence-electron chi connectivity index (χ4n) is 2.34. The second-order valence-corrected chi connectivity index (χ2v) is 5.31. The first-order valence-electron chi connectivity index (χ1n) is 5.58. The molecule has 1 aliphatic rings. The van der Waals surface area contributed by atoms with Crippen molar-refractivity contribution in [3.8, 4) is 0 Å². The number of halogens is 1. The quantitative estimate of drug-likeness (QED) is 0.859. The van der Waals surface area contributed by atoms with E-state index in [1.54, 1.807) is 6.20 Å². The molecule has 16 heavy (non-hydrogen) atoms. The van der Waals surface area contributed by atoms with Gasteiger partial charge in [-0.1, -0.05) is 11.6 Å². The highest BCUT2D eigenvalue weighted by molar-refractivity contribution is 6.31. The van der Waals surface area contributed by atoms with Crippen LogP contribution in [-0.2, 0) is 5.60 Å². The maximum atomic E-state index is 10.6. The number of likely N-dealkylation sites (N-methyl/N-ethyl adjacent to an activating group) is 1. The maximum absolute atomic E-state index is 10.6. The highest BCUT2D eigenvalue weighted by Crippen LogP contribution is 2.36. The van der Waals surface area contributed by atoms with Crippen LogP contribution in [0, 0.1) is 0 Å². The maximum Gasteiger partial charge on any atom is 0.121 e. The first-order valence-corrected chi connectivity index (χ1v) is 5.96. The molecule has 0 radical (unpaired) electrons. The summed E-state index contributed by atoms with van der Waals surface area (Å²) >= 11 is 6.14. The highest BCUT2D eigenvalue weighted by atomic mass is 35.5. The molecular formula is C11H18ClN3O. The van der Waals surface area contributed by atoms with Gasteiger partial charge < -0.3 is 10.0 Å². The van der Waals surface area contributed by atoms with Crippen molar-refractivity contribution < 1.29 is 5.11 Å². The molecular weight excluding hydrogens is 226 g/mol. The minimum atomic E-state index is -0.855. The Bertz CT molecular complexity index is 391. The Labute approximate surface area is 101 Å². The molecule has 1 N–H and O–H groups in total. The van der Waals surface area contributed by atoms with Crippen molar-refractivity contribution in [2.24, 2.45) is 0 Å². The van der Waals surface area contributed by atoms with Crippen LogP contribution >= 0.6 is 11.6 Å². The number of nitrogens with zero attached hydrogens (tertiary/aromatic N) is 3. The van der Waals surface area contributed by atoms with Gasteiger partial charge in [-0.05, 0) is 27.3 Å². The predicted octanol–water partition coefficient (Wildman–Crippen LogP) is 1.64. The molecule has 0 spiro atoms. The van der Waals surface area contributed by atoms with Crippen molar-refractivity contribution in [1.29, 1.82) is 0 Å². The minimum absolute atomic E-state index is 0.206. The summed E-state index contributed by atoms with van der Waals surface area (Å²) in [4.78, 5) is 2.11. The van der Waals surface area contributed by atoms with Gasteiger partial charge in [-0.3, -0.25) is 4.68 Å². The summed E-state index contributed by atoms with van der Waals surface area (Å²) in [6.45, 7) is 5.57. The van der Waals surface area contributed by atoms with Gasteiger partial charge in [0.2, 0.25) is 0 Å². The van der Waals surface area contributed by atoms with Crippen molar-refractivity contribution >= 4 is 11.6 Å². The van der Waals surface area contributed by atoms with E-state index in [-0.39, 0.29) is 6.04 Å². The Hall–Kier alpha value is -0.580. The molecule has 1 unspecified atom stereocenters. The van der Waals surface area contributed by atoms with Gasteiger partial charge in [0, 0.05) is 19.1 Å². The summed E-state index contributed by atoms with van der Waals surface area (Å²) in [7, 11) is 2.00. The molecule has 0 saturated carbocycles. The summed E-state index contributed by atoms with van der Waals surface area (Å²) in [5, 5.41) is 15.4. The summed E-state index contributed by atoms with van der Waals surface area (Å²) in [5.41, 5.74) is -0.0967. The molecule has 90 valence electrons. The van der Waals surface area contributed by atoms with E-state index in [0.29, 0.717) is 18.0 Å². The monoisotopic (exact) mass is 243 g/mol. The highest BCUT2D eigenvalue weighted by Gasteiger charge is 2.40. The minimum Gasteiger partial charge on any atom is -0.382 e. The van der Waals surface area contributed by atoms with Crippen molar-refractivity contribution in [1.82, 2.24) is 14.7 Å². The predicted molar refractivity (Wildman–Crippen MR) is 63.6 cm³/mol. The molecule has 0 amide bonds. The standard InChI is InChI=1S/C11H18ClN3O/c1-8(2)15-10(9(12)6-13-15)11(16)4-5-14(3)7-11/h6,8,16H,4-5,7H2,1-3H3. The van der Waals surface area contributed by atoms with E-state index in [1.807, 2.05) is 25.6 Å². The van der Waals surface area contributed by atoms with Crippen LogP contribution in [0.2, 0.25) is 5.02 Å². The smallest absolute Gasteiger partial charge is 0.121 e. The second-order valence-electron chi connectivity index (χ2n) is 4.90. The molecule has 0 aromatic carbocycles. The van der Waals surface area contributed by atoms with E-state index in [4.69, 9.17) is 11.6 Å². The molecule has 1 saturated heterocycles. The molecule has 2 heterocycles. The average Bonchev–Trinajstić information content (AvgIpc) is 2.71. The fraction of sp³-hybridized carbons (Fsp3) is 0.727. The topological polar surface area (TPSA) is 41.3 Å². The lowest BCUT2D eigenvalue weighted by molar-refractivity contribution is 0.0385. The van der Waals surface area contributed by atoms with Crippen molar-refractivity contribution in [2.75, 3.05) is 20.1 Å². The Kier molecular flexibility index (Phi) is 2.99. The summed E-state index contributed by atoms with van der Waals surface area (Å²) in [5.74, 6) is 0. The van der Waals surface area contributed by atoms with Crippen LogP contribution in [0.15, 0.2) is 6.20 Å². The molecule has 1 fully saturated rings. The van der Waals surface area contributed by atoms with Gasteiger partial charge in [-0.25, -0.2) is 0 Å². The number of hydrogen-bond donors (Lipinski definition) is 1. The Morgan fingerprint density at radius 2 is 2.25 bits per heavy atom. The fourth-order valence-corrected chi connectivity index (χ4v) is 2.65. The van der Waals surface area contributed by atoms with Gasteiger partial charge >= 0.3 is 0 Å². The number of likely N-dealkylation sites (tertiary alicyclic amines) is 1. The lowest BCUT2D eigenvalue weighted by Crippen LogP contribution is -2.32. The van der Waals surface area contributed by atoms with E-state index >= 15 is 0 Å². The van der Waals surface area contributed by atoms with E-state index in [0.717, 1.165) is 12.2 Å². The third-order valence-corrected chi connectivity index (χ3v) is 3.40. The molecule has 4 nitrogen and oxygen atoms in total. The van der Waals surface area contributed by atoms with Crippen molar-refractivity contribution in [3.63, 3.8) is 0 Å². The summed E-state index contributed by atoms with van der Waals surface area (Å²) in [6, 6.07) is 0.206.